The van der Waals surface area contributed by atoms with Crippen LogP contribution in [0, 0.1) is 0 Å². The Hall–Kier alpha value is -1.27. The molecule has 1 saturated heterocycles. The van der Waals surface area contributed by atoms with Gasteiger partial charge < -0.3 is 10.1 Å². The highest BCUT2D eigenvalue weighted by Gasteiger charge is 2.31. The third-order valence-electron chi connectivity index (χ3n) is 3.90. The summed E-state index contributed by atoms with van der Waals surface area (Å²) in [5.41, 5.74) is 0.900. The fraction of sp³-hybridized carbons (Fsp3) is 0.625. The Kier molecular flexibility index (Phi) is 6.08. The summed E-state index contributed by atoms with van der Waals surface area (Å²) in [5, 5.41) is 3.30. The number of rotatable bonds is 6. The molecule has 0 radical (unpaired) electrons. The molecule has 0 bridgehead atoms. The quantitative estimate of drug-likeness (QED) is 0.865. The van der Waals surface area contributed by atoms with E-state index in [4.69, 9.17) is 0 Å². The molecule has 1 fully saturated rings. The molecule has 2 rings (SSSR count). The molecule has 0 aliphatic carbocycles. The van der Waals surface area contributed by atoms with Gasteiger partial charge in [0.25, 0.3) is 0 Å². The number of hydrogen-bond donors (Lipinski definition) is 1. The van der Waals surface area contributed by atoms with Crippen LogP contribution < -0.4 is 10.1 Å². The minimum absolute atomic E-state index is 0.137. The number of ether oxygens (including phenoxy) is 1. The third kappa shape index (κ3) is 5.18. The Balaban J connectivity index is 2.16. The first kappa shape index (κ1) is 17.1. The second kappa shape index (κ2) is 7.83. The minimum Gasteiger partial charge on any atom is -0.406 e. The van der Waals surface area contributed by atoms with Crippen LogP contribution in [-0.4, -0.2) is 37.4 Å². The zero-order valence-electron chi connectivity index (χ0n) is 12.8. The van der Waals surface area contributed by atoms with Gasteiger partial charge in [0.05, 0.1) is 0 Å². The fourth-order valence-electron chi connectivity index (χ4n) is 2.87. The van der Waals surface area contributed by atoms with Crippen molar-refractivity contribution in [1.82, 2.24) is 10.2 Å². The molecule has 1 aromatic rings. The zero-order valence-corrected chi connectivity index (χ0v) is 12.8. The van der Waals surface area contributed by atoms with Gasteiger partial charge in [0, 0.05) is 32.2 Å². The Morgan fingerprint density at radius 1 is 1.27 bits per heavy atom. The lowest BCUT2D eigenvalue weighted by Gasteiger charge is -2.35. The summed E-state index contributed by atoms with van der Waals surface area (Å²) in [6.07, 6.45) is -1.57. The molecule has 1 N–H and O–H groups in total. The van der Waals surface area contributed by atoms with E-state index in [1.807, 2.05) is 6.07 Å². The van der Waals surface area contributed by atoms with Crippen molar-refractivity contribution < 1.29 is 17.9 Å². The first-order valence-corrected chi connectivity index (χ1v) is 7.80. The lowest BCUT2D eigenvalue weighted by Crippen LogP contribution is -2.45. The summed E-state index contributed by atoms with van der Waals surface area (Å²) in [6.45, 7) is 5.79. The van der Waals surface area contributed by atoms with Gasteiger partial charge in [-0.3, -0.25) is 4.90 Å². The molecule has 22 heavy (non-hydrogen) atoms. The number of benzene rings is 1. The van der Waals surface area contributed by atoms with Crippen LogP contribution in [0.1, 0.15) is 37.8 Å². The molecular weight excluding hydrogens is 293 g/mol. The van der Waals surface area contributed by atoms with E-state index in [2.05, 4.69) is 21.9 Å². The SMILES string of the molecule is CCCC[C@@H](c1cccc(OC(F)(F)F)c1)N1CCNCC1. The van der Waals surface area contributed by atoms with E-state index < -0.39 is 6.36 Å². The molecule has 0 aromatic heterocycles. The highest BCUT2D eigenvalue weighted by molar-refractivity contribution is 5.31. The lowest BCUT2D eigenvalue weighted by molar-refractivity contribution is -0.274. The van der Waals surface area contributed by atoms with Crippen LogP contribution in [0.5, 0.6) is 5.75 Å². The number of nitrogens with zero attached hydrogens (tertiary/aromatic N) is 1. The normalized spacial score (nSPS) is 18.2. The van der Waals surface area contributed by atoms with Gasteiger partial charge in [-0.25, -0.2) is 0 Å². The van der Waals surface area contributed by atoms with Crippen molar-refractivity contribution in [2.24, 2.45) is 0 Å². The van der Waals surface area contributed by atoms with Gasteiger partial charge >= 0.3 is 6.36 Å². The number of alkyl halides is 3. The summed E-state index contributed by atoms with van der Waals surface area (Å²) >= 11 is 0. The van der Waals surface area contributed by atoms with Gasteiger partial charge in [-0.15, -0.1) is 13.2 Å². The molecule has 1 heterocycles. The first-order chi connectivity index (χ1) is 10.5. The fourth-order valence-corrected chi connectivity index (χ4v) is 2.87. The molecular formula is C16H23F3N2O. The van der Waals surface area contributed by atoms with Crippen molar-refractivity contribution in [2.45, 2.75) is 38.6 Å². The second-order valence-corrected chi connectivity index (χ2v) is 5.56. The van der Waals surface area contributed by atoms with Gasteiger partial charge in [-0.1, -0.05) is 31.9 Å². The largest absolute Gasteiger partial charge is 0.573 e. The maximum Gasteiger partial charge on any atom is 0.573 e. The smallest absolute Gasteiger partial charge is 0.406 e. The molecule has 3 nitrogen and oxygen atoms in total. The maximum absolute atomic E-state index is 12.4. The van der Waals surface area contributed by atoms with E-state index in [9.17, 15) is 13.2 Å². The van der Waals surface area contributed by atoms with Crippen LogP contribution in [-0.2, 0) is 0 Å². The Labute approximate surface area is 129 Å². The summed E-state index contributed by atoms with van der Waals surface area (Å²) in [5.74, 6) is -0.137. The van der Waals surface area contributed by atoms with E-state index >= 15 is 0 Å². The molecule has 6 heteroatoms. The Morgan fingerprint density at radius 2 is 2.00 bits per heavy atom. The van der Waals surface area contributed by atoms with Crippen LogP contribution in [0.15, 0.2) is 24.3 Å². The van der Waals surface area contributed by atoms with Crippen molar-refractivity contribution in [2.75, 3.05) is 26.2 Å². The molecule has 1 aliphatic rings. The summed E-state index contributed by atoms with van der Waals surface area (Å²) in [4.78, 5) is 2.35. The molecule has 1 aliphatic heterocycles. The van der Waals surface area contributed by atoms with Crippen LogP contribution in [0.3, 0.4) is 0 Å². The topological polar surface area (TPSA) is 24.5 Å². The van der Waals surface area contributed by atoms with Crippen molar-refractivity contribution >= 4 is 0 Å². The van der Waals surface area contributed by atoms with E-state index in [1.54, 1.807) is 6.07 Å². The van der Waals surface area contributed by atoms with E-state index in [0.29, 0.717) is 0 Å². The molecule has 1 atom stereocenters. The number of hydrogen-bond acceptors (Lipinski definition) is 3. The number of nitrogens with one attached hydrogen (secondary N) is 1. The predicted octanol–water partition coefficient (Wildman–Crippen LogP) is 3.72. The second-order valence-electron chi connectivity index (χ2n) is 5.56. The maximum atomic E-state index is 12.4. The van der Waals surface area contributed by atoms with Crippen LogP contribution in [0.2, 0.25) is 0 Å². The van der Waals surface area contributed by atoms with Crippen molar-refractivity contribution in [3.05, 3.63) is 29.8 Å². The number of halogens is 3. The van der Waals surface area contributed by atoms with Gasteiger partial charge in [-0.2, -0.15) is 0 Å². The van der Waals surface area contributed by atoms with Crippen molar-refractivity contribution in [1.29, 1.82) is 0 Å². The van der Waals surface area contributed by atoms with Crippen molar-refractivity contribution in [3.8, 4) is 5.75 Å². The monoisotopic (exact) mass is 316 g/mol. The standard InChI is InChI=1S/C16H23F3N2O/c1-2-3-7-15(21-10-8-20-9-11-21)13-5-4-6-14(12-13)22-16(17,18)19/h4-6,12,15,20H,2-3,7-11H2,1H3/t15-/m0/s1. The summed E-state index contributed by atoms with van der Waals surface area (Å²) in [6, 6.07) is 6.56. The molecule has 0 saturated carbocycles. The Bertz CT molecular complexity index is 459. The summed E-state index contributed by atoms with van der Waals surface area (Å²) in [7, 11) is 0. The number of piperazine rings is 1. The molecule has 0 unspecified atom stereocenters. The van der Waals surface area contributed by atoms with E-state index in [-0.39, 0.29) is 11.8 Å². The zero-order chi connectivity index (χ0) is 16.0. The van der Waals surface area contributed by atoms with Gasteiger partial charge in [-0.05, 0) is 24.1 Å². The van der Waals surface area contributed by atoms with Gasteiger partial charge in [0.1, 0.15) is 5.75 Å². The van der Waals surface area contributed by atoms with Crippen LogP contribution >= 0.6 is 0 Å². The van der Waals surface area contributed by atoms with E-state index in [1.165, 1.54) is 12.1 Å². The first-order valence-electron chi connectivity index (χ1n) is 7.80. The van der Waals surface area contributed by atoms with Gasteiger partial charge in [0.2, 0.25) is 0 Å². The Morgan fingerprint density at radius 3 is 2.64 bits per heavy atom. The van der Waals surface area contributed by atoms with Crippen LogP contribution in [0.4, 0.5) is 13.2 Å². The molecule has 124 valence electrons. The predicted molar refractivity (Wildman–Crippen MR) is 79.8 cm³/mol. The van der Waals surface area contributed by atoms with Crippen LogP contribution in [0.25, 0.3) is 0 Å². The highest BCUT2D eigenvalue weighted by Crippen LogP contribution is 2.31. The van der Waals surface area contributed by atoms with Crippen molar-refractivity contribution in [3.63, 3.8) is 0 Å². The number of unbranched alkanes of at least 4 members (excludes halogenated alkanes) is 1. The average molecular weight is 316 g/mol. The summed E-state index contributed by atoms with van der Waals surface area (Å²) < 4.78 is 41.2. The highest BCUT2D eigenvalue weighted by atomic mass is 19.4. The van der Waals surface area contributed by atoms with E-state index in [0.717, 1.165) is 51.0 Å². The molecule has 0 spiro atoms. The lowest BCUT2D eigenvalue weighted by atomic mass is 9.98. The molecule has 1 aromatic carbocycles. The van der Waals surface area contributed by atoms with Gasteiger partial charge in [0.15, 0.2) is 0 Å². The third-order valence-corrected chi connectivity index (χ3v) is 3.90. The minimum atomic E-state index is -4.65. The molecule has 0 amide bonds. The average Bonchev–Trinajstić information content (AvgIpc) is 2.47.